The Labute approximate surface area is 206 Å². The molecule has 5 rings (SSSR count). The normalized spacial score (nSPS) is 42.1. The zero-order valence-corrected chi connectivity index (χ0v) is 20.7. The van der Waals surface area contributed by atoms with Crippen LogP contribution in [-0.2, 0) is 4.79 Å². The minimum absolute atomic E-state index is 0.0114. The standard InChI is InChI=1S/C29H35F2NO3/c1-27(34)11-12-29(31)20(14-27)3-5-22-24-7-6-23(28(24,2)10-9-25(22)29)19(16-33)17-35-26-8-4-21(30)13-18(26)15-32/h4,8,13,20,22-25,34H,3,5-7,9-12,14,17H2,1-2H3/t20-,22+,23+,24+,25+,27-,28-,29-/m1/s1. The van der Waals surface area contributed by atoms with Crippen LogP contribution >= 0.6 is 0 Å². The van der Waals surface area contributed by atoms with E-state index >= 15 is 4.39 Å². The maximum Gasteiger partial charge on any atom is 0.137 e. The van der Waals surface area contributed by atoms with Gasteiger partial charge in [-0.15, -0.1) is 0 Å². The van der Waals surface area contributed by atoms with Crippen molar-refractivity contribution in [2.75, 3.05) is 6.61 Å². The number of halogens is 2. The molecule has 0 aromatic heterocycles. The van der Waals surface area contributed by atoms with Crippen molar-refractivity contribution in [2.24, 2.45) is 35.0 Å². The van der Waals surface area contributed by atoms with Gasteiger partial charge in [-0.3, -0.25) is 0 Å². The van der Waals surface area contributed by atoms with Crippen LogP contribution in [0.15, 0.2) is 23.8 Å². The summed E-state index contributed by atoms with van der Waals surface area (Å²) in [7, 11) is 0. The number of ether oxygens (including phenoxy) is 1. The van der Waals surface area contributed by atoms with Crippen LogP contribution in [0.5, 0.6) is 5.75 Å². The molecule has 0 spiro atoms. The molecular weight excluding hydrogens is 448 g/mol. The van der Waals surface area contributed by atoms with Crippen molar-refractivity contribution in [1.82, 2.24) is 0 Å². The molecule has 1 N–H and O–H groups in total. The Hall–Kier alpha value is -2.22. The van der Waals surface area contributed by atoms with Crippen molar-refractivity contribution < 1.29 is 23.4 Å². The average Bonchev–Trinajstić information content (AvgIpc) is 3.18. The highest BCUT2D eigenvalue weighted by molar-refractivity contribution is 5.55. The van der Waals surface area contributed by atoms with Crippen molar-refractivity contribution in [3.05, 3.63) is 35.2 Å². The van der Waals surface area contributed by atoms with Gasteiger partial charge >= 0.3 is 0 Å². The molecule has 0 radical (unpaired) electrons. The Balaban J connectivity index is 1.33. The van der Waals surface area contributed by atoms with Gasteiger partial charge in [0.2, 0.25) is 0 Å². The van der Waals surface area contributed by atoms with E-state index in [2.05, 4.69) is 12.9 Å². The summed E-state index contributed by atoms with van der Waals surface area (Å²) in [5.74, 6) is 2.53. The molecule has 8 atom stereocenters. The SMILES string of the molecule is C[C@@]1(O)CC[C@@]2(F)[C@H](CC[C@H]3[C@@H]4CC[C@@H](C(=C=O)COc5ccc(F)cc5C#N)[C@@]4(C)CC[C@@H]32)C1. The van der Waals surface area contributed by atoms with E-state index in [1.165, 1.54) is 12.1 Å². The van der Waals surface area contributed by atoms with E-state index in [1.807, 2.05) is 13.0 Å². The zero-order chi connectivity index (χ0) is 25.0. The molecule has 188 valence electrons. The highest BCUT2D eigenvalue weighted by Crippen LogP contribution is 2.67. The molecule has 1 aromatic rings. The Morgan fingerprint density at radius 2 is 1.94 bits per heavy atom. The molecule has 4 aliphatic carbocycles. The van der Waals surface area contributed by atoms with E-state index < -0.39 is 17.1 Å². The van der Waals surface area contributed by atoms with Gasteiger partial charge in [0.05, 0.1) is 16.7 Å². The Morgan fingerprint density at radius 1 is 1.14 bits per heavy atom. The van der Waals surface area contributed by atoms with Gasteiger partial charge in [-0.05, 0) is 118 Å². The second-order valence-electron chi connectivity index (χ2n) is 12.1. The van der Waals surface area contributed by atoms with Gasteiger partial charge in [0.15, 0.2) is 0 Å². The van der Waals surface area contributed by atoms with Crippen molar-refractivity contribution in [3.8, 4) is 11.8 Å². The van der Waals surface area contributed by atoms with E-state index in [4.69, 9.17) is 4.74 Å². The van der Waals surface area contributed by atoms with Crippen molar-refractivity contribution >= 4 is 5.94 Å². The number of nitrogens with zero attached hydrogens (tertiary/aromatic N) is 1. The van der Waals surface area contributed by atoms with E-state index in [9.17, 15) is 19.6 Å². The number of aliphatic hydroxyl groups is 1. The van der Waals surface area contributed by atoms with Crippen LogP contribution in [0.1, 0.15) is 77.2 Å². The summed E-state index contributed by atoms with van der Waals surface area (Å²) in [6, 6.07) is 5.72. The maximum absolute atomic E-state index is 16.6. The van der Waals surface area contributed by atoms with Crippen molar-refractivity contribution in [2.45, 2.75) is 82.9 Å². The summed E-state index contributed by atoms with van der Waals surface area (Å²) in [6.45, 7) is 4.12. The van der Waals surface area contributed by atoms with Crippen LogP contribution < -0.4 is 4.74 Å². The number of nitriles is 1. The van der Waals surface area contributed by atoms with E-state index in [0.29, 0.717) is 36.7 Å². The lowest BCUT2D eigenvalue weighted by atomic mass is 9.47. The molecular formula is C29H35F2NO3. The van der Waals surface area contributed by atoms with Crippen molar-refractivity contribution in [1.29, 1.82) is 5.26 Å². The number of fused-ring (bicyclic) bond motifs is 5. The van der Waals surface area contributed by atoms with Gasteiger partial charge in [-0.1, -0.05) is 6.92 Å². The fourth-order valence-electron chi connectivity index (χ4n) is 8.62. The first-order chi connectivity index (χ1) is 16.6. The third-order valence-electron chi connectivity index (χ3n) is 10.3. The smallest absolute Gasteiger partial charge is 0.137 e. The molecule has 4 aliphatic rings. The van der Waals surface area contributed by atoms with Gasteiger partial charge < -0.3 is 9.84 Å². The molecule has 0 aliphatic heterocycles. The first kappa shape index (κ1) is 24.5. The molecule has 35 heavy (non-hydrogen) atoms. The van der Waals surface area contributed by atoms with Gasteiger partial charge in [0, 0.05) is 0 Å². The summed E-state index contributed by atoms with van der Waals surface area (Å²) in [5, 5.41) is 19.9. The first-order valence-electron chi connectivity index (χ1n) is 13.1. The molecule has 0 unspecified atom stereocenters. The van der Waals surface area contributed by atoms with Crippen LogP contribution in [0, 0.1) is 52.2 Å². The maximum atomic E-state index is 16.6. The van der Waals surface area contributed by atoms with Crippen LogP contribution in [0.4, 0.5) is 8.78 Å². The van der Waals surface area contributed by atoms with Gasteiger partial charge in [0.25, 0.3) is 0 Å². The Morgan fingerprint density at radius 3 is 2.69 bits per heavy atom. The summed E-state index contributed by atoms with van der Waals surface area (Å²) >= 11 is 0. The quantitative estimate of drug-likeness (QED) is 0.538. The number of hydrogen-bond acceptors (Lipinski definition) is 4. The molecule has 0 bridgehead atoms. The summed E-state index contributed by atoms with van der Waals surface area (Å²) < 4.78 is 35.8. The number of alkyl halides is 1. The molecule has 0 saturated heterocycles. The Kier molecular flexibility index (Phi) is 6.09. The lowest BCUT2D eigenvalue weighted by Gasteiger charge is -2.59. The molecule has 0 amide bonds. The Bertz CT molecular complexity index is 1090. The second kappa shape index (κ2) is 8.71. The molecule has 1 aromatic carbocycles. The number of benzene rings is 1. The van der Waals surface area contributed by atoms with Crippen LogP contribution in [0.2, 0.25) is 0 Å². The number of hydrogen-bond donors (Lipinski definition) is 1. The average molecular weight is 484 g/mol. The molecule has 4 nitrogen and oxygen atoms in total. The highest BCUT2D eigenvalue weighted by Gasteiger charge is 2.63. The summed E-state index contributed by atoms with van der Waals surface area (Å²) in [5.41, 5.74) is -1.40. The van der Waals surface area contributed by atoms with Gasteiger partial charge in [0.1, 0.15) is 35.9 Å². The molecule has 0 heterocycles. The zero-order valence-electron chi connectivity index (χ0n) is 20.7. The van der Waals surface area contributed by atoms with Gasteiger partial charge in [-0.25, -0.2) is 13.6 Å². The van der Waals surface area contributed by atoms with Crippen molar-refractivity contribution in [3.63, 3.8) is 0 Å². The predicted molar refractivity (Wildman–Crippen MR) is 127 cm³/mol. The summed E-state index contributed by atoms with van der Waals surface area (Å²) in [6.07, 6.45) is 6.84. The third kappa shape index (κ3) is 4.02. The van der Waals surface area contributed by atoms with E-state index in [1.54, 1.807) is 0 Å². The topological polar surface area (TPSA) is 70.3 Å². The number of carbonyl (C=O) groups excluding carboxylic acids is 1. The molecule has 6 heteroatoms. The fraction of sp³-hybridized carbons (Fsp3) is 0.690. The second-order valence-corrected chi connectivity index (χ2v) is 12.1. The largest absolute Gasteiger partial charge is 0.487 e. The van der Waals surface area contributed by atoms with Crippen LogP contribution in [0.3, 0.4) is 0 Å². The molecule has 4 fully saturated rings. The van der Waals surface area contributed by atoms with Crippen LogP contribution in [0.25, 0.3) is 0 Å². The number of rotatable bonds is 4. The highest BCUT2D eigenvalue weighted by atomic mass is 19.1. The minimum atomic E-state index is -1.19. The minimum Gasteiger partial charge on any atom is -0.487 e. The van der Waals surface area contributed by atoms with Gasteiger partial charge in [-0.2, -0.15) is 5.26 Å². The molecule has 4 saturated carbocycles. The van der Waals surface area contributed by atoms with E-state index in [0.717, 1.165) is 44.6 Å². The van der Waals surface area contributed by atoms with E-state index in [-0.39, 0.29) is 41.1 Å². The third-order valence-corrected chi connectivity index (χ3v) is 10.3. The predicted octanol–water partition coefficient (Wildman–Crippen LogP) is 5.95. The van der Waals surface area contributed by atoms with Crippen LogP contribution in [-0.4, -0.2) is 28.9 Å². The first-order valence-corrected chi connectivity index (χ1v) is 13.1. The lowest BCUT2D eigenvalue weighted by molar-refractivity contribution is -0.163. The monoisotopic (exact) mass is 483 g/mol. The lowest BCUT2D eigenvalue weighted by Crippen LogP contribution is -2.58. The summed E-state index contributed by atoms with van der Waals surface area (Å²) in [4.78, 5) is 12.1. The fourth-order valence-corrected chi connectivity index (χ4v) is 8.62.